The highest BCUT2D eigenvalue weighted by Crippen LogP contribution is 2.30. The summed E-state index contributed by atoms with van der Waals surface area (Å²) in [7, 11) is 1.93. The molecule has 3 aromatic rings. The Balaban J connectivity index is 1.57. The zero-order valence-electron chi connectivity index (χ0n) is 17.2. The van der Waals surface area contributed by atoms with Crippen molar-refractivity contribution >= 4 is 45.9 Å². The Morgan fingerprint density at radius 3 is 2.90 bits per heavy atom. The van der Waals surface area contributed by atoms with E-state index in [-0.39, 0.29) is 6.42 Å². The number of unbranched alkanes of at least 4 members (excludes halogenated alkanes) is 1. The van der Waals surface area contributed by atoms with Crippen LogP contribution in [0.2, 0.25) is 0 Å². The molecular formula is C21H23ClFN5O2S. The van der Waals surface area contributed by atoms with Crippen LogP contribution in [0.15, 0.2) is 42.7 Å². The number of alkyl halides is 1. The van der Waals surface area contributed by atoms with Gasteiger partial charge in [-0.3, -0.25) is 0 Å². The Hall–Kier alpha value is -2.78. The molecule has 0 saturated carbocycles. The summed E-state index contributed by atoms with van der Waals surface area (Å²) in [4.78, 5) is 27.4. The number of anilines is 3. The topological polar surface area (TPSA) is 80.2 Å². The van der Waals surface area contributed by atoms with E-state index in [2.05, 4.69) is 24.6 Å². The standard InChI is InChI=1S/C21H23ClFN5O2S/c1-14-9-10-24-19(12-14)27-18-8-5-7-16(26-18)17-13-25-21(31-17)28(2)11-4-3-6-15(23)20(29)30-22/h5,7-10,12-13,15H,3-4,6,11H2,1-2H3,(H,24,26,27). The number of aryl methyl sites for hydroxylation is 1. The van der Waals surface area contributed by atoms with E-state index in [0.29, 0.717) is 25.2 Å². The fraction of sp³-hybridized carbons (Fsp3) is 0.333. The SMILES string of the molecule is Cc1ccnc(Nc2cccc(-c3cnc(N(C)CCCCC(F)C(=O)OCl)s3)n2)c1. The molecule has 0 aliphatic heterocycles. The Morgan fingerprint density at radius 2 is 2.13 bits per heavy atom. The van der Waals surface area contributed by atoms with Crippen molar-refractivity contribution in [1.29, 1.82) is 0 Å². The maximum absolute atomic E-state index is 13.4. The van der Waals surface area contributed by atoms with Gasteiger partial charge in [0.2, 0.25) is 0 Å². The quantitative estimate of drug-likeness (QED) is 0.409. The smallest absolute Gasteiger partial charge is 0.351 e. The van der Waals surface area contributed by atoms with Crippen molar-refractivity contribution in [1.82, 2.24) is 15.0 Å². The van der Waals surface area contributed by atoms with Crippen LogP contribution in [0.3, 0.4) is 0 Å². The number of nitrogens with zero attached hydrogens (tertiary/aromatic N) is 4. The van der Waals surface area contributed by atoms with Crippen LogP contribution in [0, 0.1) is 6.92 Å². The summed E-state index contributed by atoms with van der Waals surface area (Å²) < 4.78 is 17.3. The molecule has 0 bridgehead atoms. The van der Waals surface area contributed by atoms with Crippen molar-refractivity contribution in [2.45, 2.75) is 32.4 Å². The van der Waals surface area contributed by atoms with Gasteiger partial charge in [-0.15, -0.1) is 0 Å². The second-order valence-corrected chi connectivity index (χ2v) is 8.20. The monoisotopic (exact) mass is 463 g/mol. The molecule has 10 heteroatoms. The minimum atomic E-state index is -1.68. The Kier molecular flexibility index (Phi) is 8.13. The second-order valence-electron chi connectivity index (χ2n) is 7.04. The number of carbonyl (C=O) groups excluding carboxylic acids is 1. The molecule has 0 saturated heterocycles. The first kappa shape index (κ1) is 22.9. The molecule has 3 rings (SSSR count). The van der Waals surface area contributed by atoms with Gasteiger partial charge < -0.3 is 14.5 Å². The maximum Gasteiger partial charge on any atom is 0.358 e. The predicted octanol–water partition coefficient (Wildman–Crippen LogP) is 5.29. The Labute approximate surface area is 189 Å². The molecule has 1 atom stereocenters. The van der Waals surface area contributed by atoms with E-state index in [4.69, 9.17) is 11.9 Å². The number of aromatic nitrogens is 3. The van der Waals surface area contributed by atoms with Crippen molar-refractivity contribution in [2.75, 3.05) is 23.8 Å². The minimum absolute atomic E-state index is 0.0853. The van der Waals surface area contributed by atoms with Gasteiger partial charge in [-0.1, -0.05) is 17.4 Å². The first-order chi connectivity index (χ1) is 15.0. The first-order valence-corrected chi connectivity index (χ1v) is 10.9. The van der Waals surface area contributed by atoms with Crippen LogP contribution in [-0.4, -0.2) is 40.7 Å². The van der Waals surface area contributed by atoms with Crippen molar-refractivity contribution < 1.29 is 13.5 Å². The average Bonchev–Trinajstić information content (AvgIpc) is 3.26. The van der Waals surface area contributed by atoms with Crippen LogP contribution in [0.4, 0.5) is 21.2 Å². The van der Waals surface area contributed by atoms with E-state index in [1.165, 1.54) is 11.3 Å². The van der Waals surface area contributed by atoms with Crippen molar-refractivity contribution in [3.8, 4) is 10.6 Å². The van der Waals surface area contributed by atoms with E-state index >= 15 is 0 Å². The number of carbonyl (C=O) groups is 1. The molecule has 1 N–H and O–H groups in total. The number of nitrogens with one attached hydrogen (secondary N) is 1. The van der Waals surface area contributed by atoms with Gasteiger partial charge in [0, 0.05) is 26.0 Å². The number of thiazole rings is 1. The molecular weight excluding hydrogens is 441 g/mol. The number of hydrogen-bond donors (Lipinski definition) is 1. The molecule has 0 amide bonds. The van der Waals surface area contributed by atoms with Crippen LogP contribution in [0.25, 0.3) is 10.6 Å². The van der Waals surface area contributed by atoms with Gasteiger partial charge >= 0.3 is 5.97 Å². The molecule has 31 heavy (non-hydrogen) atoms. The number of rotatable bonds is 10. The fourth-order valence-corrected chi connectivity index (χ4v) is 3.84. The molecule has 0 radical (unpaired) electrons. The van der Waals surface area contributed by atoms with Gasteiger partial charge in [-0.2, -0.15) is 0 Å². The van der Waals surface area contributed by atoms with Crippen LogP contribution in [-0.2, 0) is 9.08 Å². The van der Waals surface area contributed by atoms with Gasteiger partial charge in [0.1, 0.15) is 23.5 Å². The van der Waals surface area contributed by atoms with Gasteiger partial charge in [0.05, 0.1) is 10.6 Å². The van der Waals surface area contributed by atoms with Crippen molar-refractivity contribution in [3.63, 3.8) is 0 Å². The maximum atomic E-state index is 13.4. The van der Waals surface area contributed by atoms with E-state index in [1.807, 2.05) is 49.2 Å². The van der Waals surface area contributed by atoms with Crippen molar-refractivity contribution in [3.05, 3.63) is 48.3 Å². The number of pyridine rings is 2. The highest BCUT2D eigenvalue weighted by Gasteiger charge is 2.18. The fourth-order valence-electron chi connectivity index (χ4n) is 2.87. The van der Waals surface area contributed by atoms with Crippen LogP contribution in [0.5, 0.6) is 0 Å². The summed E-state index contributed by atoms with van der Waals surface area (Å²) in [5.74, 6) is 0.404. The highest BCUT2D eigenvalue weighted by molar-refractivity contribution is 7.18. The Morgan fingerprint density at radius 1 is 1.29 bits per heavy atom. The third kappa shape index (κ3) is 6.60. The van der Waals surface area contributed by atoms with E-state index in [1.54, 1.807) is 12.4 Å². The average molecular weight is 464 g/mol. The molecule has 3 heterocycles. The van der Waals surface area contributed by atoms with E-state index in [0.717, 1.165) is 27.1 Å². The second kappa shape index (κ2) is 11.0. The Bertz CT molecular complexity index is 1020. The van der Waals surface area contributed by atoms with Crippen molar-refractivity contribution in [2.24, 2.45) is 0 Å². The summed E-state index contributed by atoms with van der Waals surface area (Å²) >= 11 is 6.41. The first-order valence-electron chi connectivity index (χ1n) is 9.77. The van der Waals surface area contributed by atoms with Gasteiger partial charge in [-0.05, 0) is 56.0 Å². The lowest BCUT2D eigenvalue weighted by atomic mass is 10.1. The summed E-state index contributed by atoms with van der Waals surface area (Å²) in [6, 6.07) is 9.65. The zero-order valence-corrected chi connectivity index (χ0v) is 18.8. The molecule has 0 aliphatic rings. The predicted molar refractivity (Wildman–Crippen MR) is 122 cm³/mol. The summed E-state index contributed by atoms with van der Waals surface area (Å²) in [5.41, 5.74) is 1.93. The molecule has 0 fully saturated rings. The molecule has 3 aromatic heterocycles. The lowest BCUT2D eigenvalue weighted by Gasteiger charge is -2.15. The minimum Gasteiger partial charge on any atom is -0.351 e. The number of halogens is 2. The summed E-state index contributed by atoms with van der Waals surface area (Å²) in [5, 5.41) is 4.06. The lowest BCUT2D eigenvalue weighted by molar-refractivity contribution is -0.139. The zero-order chi connectivity index (χ0) is 22.2. The highest BCUT2D eigenvalue weighted by atomic mass is 35.5. The third-order valence-corrected chi connectivity index (χ3v) is 5.81. The van der Waals surface area contributed by atoms with Crippen LogP contribution < -0.4 is 10.2 Å². The molecule has 164 valence electrons. The number of hydrogen-bond acceptors (Lipinski definition) is 8. The lowest BCUT2D eigenvalue weighted by Crippen LogP contribution is -2.19. The molecule has 0 aromatic carbocycles. The van der Waals surface area contributed by atoms with E-state index in [9.17, 15) is 9.18 Å². The molecule has 0 spiro atoms. The summed E-state index contributed by atoms with van der Waals surface area (Å²) in [6.45, 7) is 2.69. The third-order valence-electron chi connectivity index (χ3n) is 4.53. The van der Waals surface area contributed by atoms with Gasteiger partial charge in [-0.25, -0.2) is 24.1 Å². The molecule has 1 unspecified atom stereocenters. The van der Waals surface area contributed by atoms with Crippen LogP contribution >= 0.6 is 23.2 Å². The molecule has 7 nitrogen and oxygen atoms in total. The normalized spacial score (nSPS) is 11.7. The van der Waals surface area contributed by atoms with Gasteiger partial charge in [0.25, 0.3) is 0 Å². The summed E-state index contributed by atoms with van der Waals surface area (Å²) in [6.07, 6.45) is 3.20. The van der Waals surface area contributed by atoms with E-state index < -0.39 is 12.1 Å². The van der Waals surface area contributed by atoms with Gasteiger partial charge in [0.15, 0.2) is 11.3 Å². The largest absolute Gasteiger partial charge is 0.358 e. The van der Waals surface area contributed by atoms with Crippen LogP contribution in [0.1, 0.15) is 24.8 Å². The molecule has 0 aliphatic carbocycles.